The number of anilines is 2. The Bertz CT molecular complexity index is 1400. The van der Waals surface area contributed by atoms with Crippen LogP contribution in [0.1, 0.15) is 40.5 Å². The van der Waals surface area contributed by atoms with Crippen LogP contribution < -0.4 is 9.80 Å². The summed E-state index contributed by atoms with van der Waals surface area (Å²) in [6.07, 6.45) is 3.57. The first-order valence-electron chi connectivity index (χ1n) is 12.5. The quantitative estimate of drug-likeness (QED) is 0.467. The molecule has 9 nitrogen and oxygen atoms in total. The van der Waals surface area contributed by atoms with Gasteiger partial charge in [0.25, 0.3) is 0 Å². The van der Waals surface area contributed by atoms with Crippen LogP contribution in [0.5, 0.6) is 0 Å². The molecule has 2 aliphatic heterocycles. The van der Waals surface area contributed by atoms with E-state index in [1.54, 1.807) is 16.0 Å². The molecule has 0 bridgehead atoms. The van der Waals surface area contributed by atoms with Gasteiger partial charge in [-0.2, -0.15) is 0 Å². The molecular formula is C26H29F3N6O3. The Hall–Kier alpha value is -3.83. The van der Waals surface area contributed by atoms with Crippen molar-refractivity contribution in [2.24, 2.45) is 0 Å². The molecule has 2 amide bonds. The molecule has 2 saturated heterocycles. The summed E-state index contributed by atoms with van der Waals surface area (Å²) < 4.78 is 48.9. The zero-order valence-electron chi connectivity index (χ0n) is 21.7. The van der Waals surface area contributed by atoms with Crippen molar-refractivity contribution in [2.75, 3.05) is 36.0 Å². The molecule has 2 aliphatic rings. The minimum Gasteiger partial charge on any atom is -0.444 e. The largest absolute Gasteiger partial charge is 0.444 e. The molecule has 4 heterocycles. The summed E-state index contributed by atoms with van der Waals surface area (Å²) in [5.74, 6) is -3.78. The van der Waals surface area contributed by atoms with E-state index in [1.165, 1.54) is 10.9 Å². The fraction of sp³-hybridized carbons (Fsp3) is 0.462. The molecule has 0 saturated carbocycles. The highest BCUT2D eigenvalue weighted by Gasteiger charge is 2.34. The first-order chi connectivity index (χ1) is 17.9. The maximum atomic E-state index is 14.1. The second kappa shape index (κ2) is 9.48. The molecular weight excluding hydrogens is 501 g/mol. The second-order valence-electron chi connectivity index (χ2n) is 10.6. The van der Waals surface area contributed by atoms with Crippen molar-refractivity contribution in [3.05, 3.63) is 42.1 Å². The predicted molar refractivity (Wildman–Crippen MR) is 135 cm³/mol. The maximum Gasteiger partial charge on any atom is 0.410 e. The van der Waals surface area contributed by atoms with Crippen molar-refractivity contribution in [3.63, 3.8) is 0 Å². The van der Waals surface area contributed by atoms with Crippen molar-refractivity contribution in [1.82, 2.24) is 19.4 Å². The van der Waals surface area contributed by atoms with Gasteiger partial charge in [0, 0.05) is 57.0 Å². The smallest absolute Gasteiger partial charge is 0.410 e. The zero-order chi connectivity index (χ0) is 27.4. The van der Waals surface area contributed by atoms with Crippen molar-refractivity contribution in [2.45, 2.75) is 52.2 Å². The molecule has 1 aromatic carbocycles. The SMILES string of the molecule is CC1CN(C(=O)OC(C)(C)C)CCN1c1ncnc2c1c(N1CCCC1=O)cn2-c1cc(F)c(F)c(F)c1. The number of nitrogens with zero attached hydrogens (tertiary/aromatic N) is 6. The molecule has 12 heteroatoms. The van der Waals surface area contributed by atoms with Gasteiger partial charge in [0.2, 0.25) is 5.91 Å². The molecule has 1 unspecified atom stereocenters. The number of hydrogen-bond acceptors (Lipinski definition) is 6. The van der Waals surface area contributed by atoms with Crippen LogP contribution in [0.15, 0.2) is 24.7 Å². The number of halogens is 3. The fourth-order valence-electron chi connectivity index (χ4n) is 4.99. The van der Waals surface area contributed by atoms with Crippen LogP contribution in [0.25, 0.3) is 16.7 Å². The van der Waals surface area contributed by atoms with E-state index in [4.69, 9.17) is 4.74 Å². The average molecular weight is 531 g/mol. The third-order valence-corrected chi connectivity index (χ3v) is 6.71. The van der Waals surface area contributed by atoms with Gasteiger partial charge in [-0.05, 0) is 34.1 Å². The molecule has 5 rings (SSSR count). The van der Waals surface area contributed by atoms with E-state index in [0.717, 1.165) is 12.1 Å². The van der Waals surface area contributed by atoms with Crippen molar-refractivity contribution < 1.29 is 27.5 Å². The normalized spacial score (nSPS) is 18.6. The lowest BCUT2D eigenvalue weighted by Crippen LogP contribution is -2.54. The number of amides is 2. The number of aromatic nitrogens is 3. The summed E-state index contributed by atoms with van der Waals surface area (Å²) in [6.45, 7) is 9.07. The molecule has 1 atom stereocenters. The number of benzene rings is 1. The summed E-state index contributed by atoms with van der Waals surface area (Å²) >= 11 is 0. The highest BCUT2D eigenvalue weighted by atomic mass is 19.2. The summed E-state index contributed by atoms with van der Waals surface area (Å²) in [5.41, 5.74) is 0.231. The lowest BCUT2D eigenvalue weighted by molar-refractivity contribution is -0.117. The Morgan fingerprint density at radius 2 is 1.79 bits per heavy atom. The second-order valence-corrected chi connectivity index (χ2v) is 10.6. The Morgan fingerprint density at radius 1 is 1.08 bits per heavy atom. The number of carbonyl (C=O) groups is 2. The molecule has 0 N–H and O–H groups in total. The summed E-state index contributed by atoms with van der Waals surface area (Å²) in [4.78, 5) is 39.6. The standard InChI is InChI=1S/C26H29F3N6O3/c1-15-12-32(25(37)38-26(2,3)4)8-9-33(15)23-21-19(34-7-5-6-20(34)36)13-35(24(21)31-14-30-23)16-10-17(27)22(29)18(28)11-16/h10-11,13-15H,5-9,12H2,1-4H3. The van der Waals surface area contributed by atoms with Gasteiger partial charge in [0.1, 0.15) is 17.7 Å². The van der Waals surface area contributed by atoms with E-state index in [9.17, 15) is 22.8 Å². The average Bonchev–Trinajstić information content (AvgIpc) is 3.44. The van der Waals surface area contributed by atoms with E-state index in [-0.39, 0.29) is 17.6 Å². The third-order valence-electron chi connectivity index (χ3n) is 6.71. The molecule has 2 fully saturated rings. The van der Waals surface area contributed by atoms with Crippen LogP contribution in [0.4, 0.5) is 29.5 Å². The van der Waals surface area contributed by atoms with Gasteiger partial charge in [-0.15, -0.1) is 0 Å². The first kappa shape index (κ1) is 25.8. The fourth-order valence-corrected chi connectivity index (χ4v) is 4.99. The van der Waals surface area contributed by atoms with Crippen LogP contribution in [-0.4, -0.2) is 69.3 Å². The van der Waals surface area contributed by atoms with Crippen LogP contribution >= 0.6 is 0 Å². The minimum atomic E-state index is -1.56. The van der Waals surface area contributed by atoms with Crippen LogP contribution in [0.2, 0.25) is 0 Å². The minimum absolute atomic E-state index is 0.0248. The van der Waals surface area contributed by atoms with Gasteiger partial charge in [-0.1, -0.05) is 0 Å². The van der Waals surface area contributed by atoms with Crippen molar-refractivity contribution in [1.29, 1.82) is 0 Å². The maximum absolute atomic E-state index is 14.1. The van der Waals surface area contributed by atoms with E-state index in [2.05, 4.69) is 9.97 Å². The Balaban J connectivity index is 1.58. The Labute approximate surface area is 217 Å². The predicted octanol–water partition coefficient (Wildman–Crippen LogP) is 4.41. The van der Waals surface area contributed by atoms with Gasteiger partial charge >= 0.3 is 6.09 Å². The van der Waals surface area contributed by atoms with Crippen LogP contribution in [0, 0.1) is 17.5 Å². The number of ether oxygens (including phenoxy) is 1. The van der Waals surface area contributed by atoms with Gasteiger partial charge in [0.15, 0.2) is 23.1 Å². The molecule has 202 valence electrons. The third kappa shape index (κ3) is 4.63. The zero-order valence-corrected chi connectivity index (χ0v) is 21.7. The van der Waals surface area contributed by atoms with Gasteiger partial charge in [-0.3, -0.25) is 9.36 Å². The van der Waals surface area contributed by atoms with E-state index < -0.39 is 29.1 Å². The van der Waals surface area contributed by atoms with Crippen molar-refractivity contribution in [3.8, 4) is 5.69 Å². The highest BCUT2D eigenvalue weighted by molar-refractivity contribution is 6.08. The lowest BCUT2D eigenvalue weighted by Gasteiger charge is -2.41. The summed E-state index contributed by atoms with van der Waals surface area (Å²) in [7, 11) is 0. The van der Waals surface area contributed by atoms with E-state index >= 15 is 0 Å². The van der Waals surface area contributed by atoms with Gasteiger partial charge in [-0.25, -0.2) is 27.9 Å². The molecule has 3 aromatic rings. The number of carbonyl (C=O) groups excluding carboxylic acids is 2. The molecule has 0 spiro atoms. The van der Waals surface area contributed by atoms with Crippen LogP contribution in [-0.2, 0) is 9.53 Å². The van der Waals surface area contributed by atoms with Gasteiger partial charge in [0.05, 0.1) is 16.8 Å². The number of rotatable bonds is 3. The molecule has 0 radical (unpaired) electrons. The monoisotopic (exact) mass is 530 g/mol. The highest BCUT2D eigenvalue weighted by Crippen LogP contribution is 2.39. The molecule has 0 aliphatic carbocycles. The number of hydrogen-bond donors (Lipinski definition) is 0. The van der Waals surface area contributed by atoms with Gasteiger partial charge < -0.3 is 19.4 Å². The Kier molecular flexibility index (Phi) is 6.44. The topological polar surface area (TPSA) is 83.8 Å². The summed E-state index contributed by atoms with van der Waals surface area (Å²) in [6, 6.07) is 1.61. The number of fused-ring (bicyclic) bond motifs is 1. The Morgan fingerprint density at radius 3 is 2.39 bits per heavy atom. The number of piperazine rings is 1. The summed E-state index contributed by atoms with van der Waals surface area (Å²) in [5, 5.41) is 0.533. The molecule has 2 aromatic heterocycles. The first-order valence-corrected chi connectivity index (χ1v) is 12.5. The van der Waals surface area contributed by atoms with E-state index in [1.807, 2.05) is 32.6 Å². The van der Waals surface area contributed by atoms with E-state index in [0.29, 0.717) is 61.6 Å². The molecule has 38 heavy (non-hydrogen) atoms. The lowest BCUT2D eigenvalue weighted by atomic mass is 10.1. The van der Waals surface area contributed by atoms with Crippen molar-refractivity contribution >= 4 is 34.5 Å². The van der Waals surface area contributed by atoms with Crippen LogP contribution in [0.3, 0.4) is 0 Å².